The first kappa shape index (κ1) is 14.3. The molecule has 2 fully saturated rings. The molecule has 4 unspecified atom stereocenters. The zero-order valence-corrected chi connectivity index (χ0v) is 12.0. The van der Waals surface area contributed by atoms with Gasteiger partial charge in [0.1, 0.15) is 6.10 Å². The molecule has 0 N–H and O–H groups in total. The molecule has 2 saturated heterocycles. The number of amides is 1. The Balaban J connectivity index is 2.08. The van der Waals surface area contributed by atoms with Gasteiger partial charge < -0.3 is 15.0 Å². The van der Waals surface area contributed by atoms with E-state index in [4.69, 9.17) is 4.74 Å². The largest absolute Gasteiger partial charge is 0.756 e. The lowest BCUT2D eigenvalue weighted by Gasteiger charge is -2.33. The van der Waals surface area contributed by atoms with Crippen molar-refractivity contribution in [3.05, 3.63) is 5.21 Å². The highest BCUT2D eigenvalue weighted by molar-refractivity contribution is 5.82. The van der Waals surface area contributed by atoms with E-state index in [0.29, 0.717) is 17.9 Å². The third-order valence-electron chi connectivity index (χ3n) is 4.43. The lowest BCUT2D eigenvalue weighted by molar-refractivity contribution is -0.147. The van der Waals surface area contributed by atoms with Crippen LogP contribution in [0.1, 0.15) is 40.5 Å². The molecular formula is C14H22NO4-. The number of ether oxygens (including phenoxy) is 1. The van der Waals surface area contributed by atoms with Crippen LogP contribution in [0.15, 0.2) is 0 Å². The van der Waals surface area contributed by atoms with Crippen LogP contribution in [0.5, 0.6) is 0 Å². The number of rotatable bonds is 3. The van der Waals surface area contributed by atoms with Crippen molar-refractivity contribution in [1.82, 2.24) is 5.06 Å². The van der Waals surface area contributed by atoms with Crippen molar-refractivity contribution in [2.75, 3.05) is 0 Å². The van der Waals surface area contributed by atoms with E-state index in [9.17, 15) is 14.8 Å². The van der Waals surface area contributed by atoms with Crippen LogP contribution in [-0.2, 0) is 14.3 Å². The van der Waals surface area contributed by atoms with Gasteiger partial charge in [-0.1, -0.05) is 27.7 Å². The van der Waals surface area contributed by atoms with Crippen molar-refractivity contribution in [3.8, 4) is 0 Å². The summed E-state index contributed by atoms with van der Waals surface area (Å²) in [4.78, 5) is 23.6. The Kier molecular flexibility index (Phi) is 3.85. The lowest BCUT2D eigenvalue weighted by Crippen LogP contribution is -2.37. The maximum atomic E-state index is 12.0. The number of hydrogen-bond donors (Lipinski definition) is 0. The standard InChI is InChI=1S/C14H22NO4/c1-7(2)9-5-11(15(18)13(9)16)12-6-10(8(3)4)14(17)19-12/h7-12H,5-6H2,1-4H3/q-1. The monoisotopic (exact) mass is 268 g/mol. The summed E-state index contributed by atoms with van der Waals surface area (Å²) in [5, 5.41) is 12.5. The normalized spacial score (nSPS) is 35.6. The molecule has 19 heavy (non-hydrogen) atoms. The molecule has 0 radical (unpaired) electrons. The van der Waals surface area contributed by atoms with Crippen LogP contribution in [0.2, 0.25) is 0 Å². The van der Waals surface area contributed by atoms with Gasteiger partial charge in [0.2, 0.25) is 5.91 Å². The minimum atomic E-state index is -0.493. The second-order valence-corrected chi connectivity index (χ2v) is 6.38. The molecule has 0 aromatic heterocycles. The van der Waals surface area contributed by atoms with Crippen molar-refractivity contribution in [1.29, 1.82) is 0 Å². The summed E-state index contributed by atoms with van der Waals surface area (Å²) in [6.45, 7) is 7.83. The fourth-order valence-corrected chi connectivity index (χ4v) is 3.05. The molecule has 0 bridgehead atoms. The molecule has 0 aliphatic carbocycles. The molecule has 5 heteroatoms. The van der Waals surface area contributed by atoms with E-state index in [1.807, 2.05) is 27.7 Å². The van der Waals surface area contributed by atoms with E-state index >= 15 is 0 Å². The summed E-state index contributed by atoms with van der Waals surface area (Å²) in [6, 6.07) is -0.493. The minimum absolute atomic E-state index is 0.145. The number of esters is 1. The quantitative estimate of drug-likeness (QED) is 0.733. The van der Waals surface area contributed by atoms with Crippen molar-refractivity contribution in [3.63, 3.8) is 0 Å². The van der Waals surface area contributed by atoms with Gasteiger partial charge in [0, 0.05) is 5.92 Å². The Bertz CT molecular complexity index is 380. The molecule has 1 amide bonds. The molecule has 2 heterocycles. The maximum absolute atomic E-state index is 12.0. The lowest BCUT2D eigenvalue weighted by atomic mass is 9.88. The van der Waals surface area contributed by atoms with E-state index in [1.165, 1.54) is 0 Å². The SMILES string of the molecule is CC(C)C1CC(C2CC(C(C)C)C(=O)N2[O-])OC1=O. The van der Waals surface area contributed by atoms with Crippen LogP contribution in [0.4, 0.5) is 0 Å². The fraction of sp³-hybridized carbons (Fsp3) is 0.857. The highest BCUT2D eigenvalue weighted by Crippen LogP contribution is 2.38. The van der Waals surface area contributed by atoms with E-state index in [1.54, 1.807) is 0 Å². The third-order valence-corrected chi connectivity index (χ3v) is 4.43. The minimum Gasteiger partial charge on any atom is -0.756 e. The van der Waals surface area contributed by atoms with Gasteiger partial charge in [-0.2, -0.15) is 0 Å². The van der Waals surface area contributed by atoms with Crippen LogP contribution < -0.4 is 0 Å². The zero-order chi connectivity index (χ0) is 14.3. The molecule has 2 rings (SSSR count). The number of carbonyl (C=O) groups excluding carboxylic acids is 2. The number of hydroxylamine groups is 2. The van der Waals surface area contributed by atoms with E-state index in [0.717, 1.165) is 0 Å². The predicted octanol–water partition coefficient (Wildman–Crippen LogP) is 1.95. The Morgan fingerprint density at radius 2 is 1.68 bits per heavy atom. The second kappa shape index (κ2) is 5.12. The first-order valence-electron chi connectivity index (χ1n) is 7.03. The molecule has 0 aromatic rings. The summed E-state index contributed by atoms with van der Waals surface area (Å²) in [5.74, 6) is -0.619. The number of hydrogen-bond acceptors (Lipinski definition) is 4. The highest BCUT2D eigenvalue weighted by atomic mass is 16.6. The molecule has 108 valence electrons. The topological polar surface area (TPSA) is 69.7 Å². The molecular weight excluding hydrogens is 246 g/mol. The van der Waals surface area contributed by atoms with Gasteiger partial charge in [-0.15, -0.1) is 0 Å². The van der Waals surface area contributed by atoms with Gasteiger partial charge in [0.25, 0.3) is 0 Å². The number of nitrogens with zero attached hydrogens (tertiary/aromatic N) is 1. The highest BCUT2D eigenvalue weighted by Gasteiger charge is 2.46. The number of cyclic esters (lactones) is 1. The van der Waals surface area contributed by atoms with Crippen molar-refractivity contribution >= 4 is 11.9 Å². The van der Waals surface area contributed by atoms with Crippen LogP contribution >= 0.6 is 0 Å². The van der Waals surface area contributed by atoms with Crippen molar-refractivity contribution in [2.45, 2.75) is 52.7 Å². The summed E-state index contributed by atoms with van der Waals surface area (Å²) in [7, 11) is 0. The third kappa shape index (κ3) is 2.48. The molecule has 0 spiro atoms. The van der Waals surface area contributed by atoms with Crippen LogP contribution in [0.3, 0.4) is 0 Å². The van der Waals surface area contributed by atoms with E-state index < -0.39 is 12.1 Å². The molecule has 0 aromatic carbocycles. The first-order valence-corrected chi connectivity index (χ1v) is 7.03. The summed E-state index contributed by atoms with van der Waals surface area (Å²) in [5.41, 5.74) is 0. The molecule has 2 aliphatic heterocycles. The Morgan fingerprint density at radius 1 is 1.11 bits per heavy atom. The Labute approximate surface area is 113 Å². The summed E-state index contributed by atoms with van der Waals surface area (Å²) in [6.07, 6.45) is 0.630. The van der Waals surface area contributed by atoms with Crippen molar-refractivity contribution < 1.29 is 14.3 Å². The maximum Gasteiger partial charge on any atom is 0.309 e. The van der Waals surface area contributed by atoms with E-state index in [2.05, 4.69) is 0 Å². The zero-order valence-electron chi connectivity index (χ0n) is 12.0. The van der Waals surface area contributed by atoms with Crippen molar-refractivity contribution in [2.24, 2.45) is 23.7 Å². The molecule has 0 saturated carbocycles. The predicted molar refractivity (Wildman–Crippen MR) is 69.8 cm³/mol. The molecule has 5 nitrogen and oxygen atoms in total. The average molecular weight is 268 g/mol. The van der Waals surface area contributed by atoms with Crippen LogP contribution in [0, 0.1) is 28.9 Å². The second-order valence-electron chi connectivity index (χ2n) is 6.38. The van der Waals surface area contributed by atoms with Gasteiger partial charge in [-0.3, -0.25) is 9.59 Å². The van der Waals surface area contributed by atoms with Crippen LogP contribution in [0.25, 0.3) is 0 Å². The Morgan fingerprint density at radius 3 is 2.11 bits per heavy atom. The van der Waals surface area contributed by atoms with Crippen LogP contribution in [-0.4, -0.2) is 29.1 Å². The molecule has 2 aliphatic rings. The molecule has 4 atom stereocenters. The first-order chi connectivity index (χ1) is 8.82. The Hall–Kier alpha value is -1.10. The smallest absolute Gasteiger partial charge is 0.309 e. The fourth-order valence-electron chi connectivity index (χ4n) is 3.05. The average Bonchev–Trinajstić information content (AvgIpc) is 2.82. The van der Waals surface area contributed by atoms with Gasteiger partial charge in [-0.25, -0.2) is 0 Å². The van der Waals surface area contributed by atoms with Gasteiger partial charge in [-0.05, 0) is 24.7 Å². The summed E-state index contributed by atoms with van der Waals surface area (Å²) < 4.78 is 5.33. The van der Waals surface area contributed by atoms with E-state index in [-0.39, 0.29) is 35.5 Å². The number of carbonyl (C=O) groups is 2. The van der Waals surface area contributed by atoms with Gasteiger partial charge >= 0.3 is 5.97 Å². The summed E-state index contributed by atoms with van der Waals surface area (Å²) >= 11 is 0. The van der Waals surface area contributed by atoms with Gasteiger partial charge in [0.05, 0.1) is 12.0 Å². The van der Waals surface area contributed by atoms with Gasteiger partial charge in [0.15, 0.2) is 0 Å².